The first-order valence-corrected chi connectivity index (χ1v) is 6.07. The third-order valence-electron chi connectivity index (χ3n) is 2.43. The SMILES string of the molecule is CC.CCC(C)C1=NC(c2cnccn2)NO1. The summed E-state index contributed by atoms with van der Waals surface area (Å²) >= 11 is 0. The van der Waals surface area contributed by atoms with Crippen LogP contribution in [-0.2, 0) is 4.84 Å². The highest BCUT2D eigenvalue weighted by atomic mass is 16.7. The van der Waals surface area contributed by atoms with E-state index < -0.39 is 0 Å². The number of aromatic nitrogens is 2. The van der Waals surface area contributed by atoms with Crippen molar-refractivity contribution in [2.75, 3.05) is 0 Å². The lowest BCUT2D eigenvalue weighted by atomic mass is 10.1. The van der Waals surface area contributed by atoms with Gasteiger partial charge in [-0.3, -0.25) is 9.97 Å². The van der Waals surface area contributed by atoms with Crippen LogP contribution >= 0.6 is 0 Å². The van der Waals surface area contributed by atoms with Crippen molar-refractivity contribution in [3.05, 3.63) is 24.3 Å². The van der Waals surface area contributed by atoms with Crippen LogP contribution in [0.4, 0.5) is 0 Å². The van der Waals surface area contributed by atoms with Gasteiger partial charge in [0.1, 0.15) is 5.69 Å². The summed E-state index contributed by atoms with van der Waals surface area (Å²) in [6.07, 6.45) is 5.76. The molecule has 0 saturated carbocycles. The van der Waals surface area contributed by atoms with Gasteiger partial charge >= 0.3 is 0 Å². The summed E-state index contributed by atoms with van der Waals surface area (Å²) in [7, 11) is 0. The van der Waals surface area contributed by atoms with Crippen molar-refractivity contribution in [2.24, 2.45) is 10.9 Å². The molecular weight excluding hydrogens is 216 g/mol. The van der Waals surface area contributed by atoms with Crippen LogP contribution in [-0.4, -0.2) is 15.9 Å². The van der Waals surface area contributed by atoms with Gasteiger partial charge in [0, 0.05) is 18.3 Å². The van der Waals surface area contributed by atoms with Gasteiger partial charge in [0.2, 0.25) is 5.90 Å². The van der Waals surface area contributed by atoms with E-state index in [9.17, 15) is 0 Å². The molecular formula is C12H20N4O. The zero-order chi connectivity index (χ0) is 12.7. The summed E-state index contributed by atoms with van der Waals surface area (Å²) in [5, 5.41) is 0. The maximum atomic E-state index is 5.30. The molecule has 5 heteroatoms. The summed E-state index contributed by atoms with van der Waals surface area (Å²) in [5.41, 5.74) is 3.61. The molecule has 0 saturated heterocycles. The lowest BCUT2D eigenvalue weighted by Gasteiger charge is -2.05. The molecule has 1 N–H and O–H groups in total. The molecule has 0 radical (unpaired) electrons. The Balaban J connectivity index is 0.000000686. The molecule has 0 aliphatic carbocycles. The number of hydrogen-bond acceptors (Lipinski definition) is 5. The lowest BCUT2D eigenvalue weighted by Crippen LogP contribution is -2.18. The van der Waals surface area contributed by atoms with Gasteiger partial charge in [0.15, 0.2) is 6.17 Å². The van der Waals surface area contributed by atoms with Crippen LogP contribution in [0.3, 0.4) is 0 Å². The van der Waals surface area contributed by atoms with Gasteiger partial charge in [-0.2, -0.15) is 0 Å². The van der Waals surface area contributed by atoms with Crippen LogP contribution in [0.5, 0.6) is 0 Å². The molecule has 2 rings (SSSR count). The van der Waals surface area contributed by atoms with Crippen molar-refractivity contribution in [1.82, 2.24) is 15.4 Å². The van der Waals surface area contributed by atoms with Crippen LogP contribution in [0.25, 0.3) is 0 Å². The molecule has 1 aromatic rings. The summed E-state index contributed by atoms with van der Waals surface area (Å²) in [5.74, 6) is 1.08. The summed E-state index contributed by atoms with van der Waals surface area (Å²) < 4.78 is 0. The fraction of sp³-hybridized carbons (Fsp3) is 0.583. The minimum Gasteiger partial charge on any atom is -0.391 e. The molecule has 94 valence electrons. The minimum atomic E-state index is -0.220. The predicted octanol–water partition coefficient (Wildman–Crippen LogP) is 2.48. The number of rotatable bonds is 3. The smallest absolute Gasteiger partial charge is 0.214 e. The van der Waals surface area contributed by atoms with Gasteiger partial charge in [-0.05, 0) is 6.42 Å². The second-order valence-electron chi connectivity index (χ2n) is 3.53. The van der Waals surface area contributed by atoms with Gasteiger partial charge < -0.3 is 4.84 Å². The predicted molar refractivity (Wildman–Crippen MR) is 67.2 cm³/mol. The number of hydrogen-bond donors (Lipinski definition) is 1. The Morgan fingerprint density at radius 2 is 2.18 bits per heavy atom. The standard InChI is InChI=1S/C10H14N4O.C2H6/c1-3-7(2)10-13-9(14-15-10)8-6-11-4-5-12-8;1-2/h4-7,9,14H,3H2,1-2H3;1-2H3. The maximum Gasteiger partial charge on any atom is 0.214 e. The quantitative estimate of drug-likeness (QED) is 0.875. The molecule has 17 heavy (non-hydrogen) atoms. The average Bonchev–Trinajstić information content (AvgIpc) is 2.91. The van der Waals surface area contributed by atoms with Crippen LogP contribution in [0.1, 0.15) is 46.0 Å². The third-order valence-corrected chi connectivity index (χ3v) is 2.43. The molecule has 0 bridgehead atoms. The molecule has 1 aromatic heterocycles. The highest BCUT2D eigenvalue weighted by Gasteiger charge is 2.24. The molecule has 0 aromatic carbocycles. The van der Waals surface area contributed by atoms with E-state index in [0.717, 1.165) is 18.0 Å². The molecule has 2 heterocycles. The van der Waals surface area contributed by atoms with E-state index in [1.807, 2.05) is 13.8 Å². The van der Waals surface area contributed by atoms with Gasteiger partial charge in [-0.25, -0.2) is 4.99 Å². The first-order chi connectivity index (χ1) is 8.31. The second-order valence-corrected chi connectivity index (χ2v) is 3.53. The molecule has 2 unspecified atom stereocenters. The zero-order valence-corrected chi connectivity index (χ0v) is 10.8. The van der Waals surface area contributed by atoms with E-state index >= 15 is 0 Å². The van der Waals surface area contributed by atoms with Crippen LogP contribution in [0.15, 0.2) is 23.6 Å². The Bertz CT molecular complexity index is 353. The number of nitrogens with zero attached hydrogens (tertiary/aromatic N) is 3. The molecule has 2 atom stereocenters. The van der Waals surface area contributed by atoms with E-state index in [4.69, 9.17) is 4.84 Å². The number of aliphatic imine (C=N–C) groups is 1. The van der Waals surface area contributed by atoms with Gasteiger partial charge in [0.25, 0.3) is 0 Å². The highest BCUT2D eigenvalue weighted by Crippen LogP contribution is 2.19. The zero-order valence-electron chi connectivity index (χ0n) is 10.8. The summed E-state index contributed by atoms with van der Waals surface area (Å²) in [6, 6.07) is 0. The Labute approximate surface area is 102 Å². The highest BCUT2D eigenvalue weighted by molar-refractivity contribution is 5.79. The van der Waals surface area contributed by atoms with Crippen LogP contribution < -0.4 is 5.48 Å². The fourth-order valence-corrected chi connectivity index (χ4v) is 1.28. The van der Waals surface area contributed by atoms with Crippen molar-refractivity contribution in [1.29, 1.82) is 0 Å². The lowest BCUT2D eigenvalue weighted by molar-refractivity contribution is 0.167. The third kappa shape index (κ3) is 3.49. The first kappa shape index (κ1) is 13.6. The van der Waals surface area contributed by atoms with E-state index in [1.165, 1.54) is 0 Å². The first-order valence-electron chi connectivity index (χ1n) is 6.07. The van der Waals surface area contributed by atoms with Crippen molar-refractivity contribution >= 4 is 5.90 Å². The largest absolute Gasteiger partial charge is 0.391 e. The van der Waals surface area contributed by atoms with Gasteiger partial charge in [0.05, 0.1) is 6.20 Å². The molecule has 1 aliphatic heterocycles. The van der Waals surface area contributed by atoms with Crippen molar-refractivity contribution in [2.45, 2.75) is 40.3 Å². The monoisotopic (exact) mass is 236 g/mol. The Kier molecular flexibility index (Phi) is 5.56. The second kappa shape index (κ2) is 6.96. The summed E-state index contributed by atoms with van der Waals surface area (Å²) in [6.45, 7) is 8.19. The van der Waals surface area contributed by atoms with Crippen molar-refractivity contribution in [3.8, 4) is 0 Å². The molecule has 0 fully saturated rings. The van der Waals surface area contributed by atoms with Crippen molar-refractivity contribution < 1.29 is 4.84 Å². The molecule has 0 spiro atoms. The topological polar surface area (TPSA) is 59.4 Å². The van der Waals surface area contributed by atoms with E-state index in [2.05, 4.69) is 34.3 Å². The van der Waals surface area contributed by atoms with Gasteiger partial charge in [-0.15, -0.1) is 5.48 Å². The Morgan fingerprint density at radius 1 is 1.41 bits per heavy atom. The molecule has 5 nitrogen and oxygen atoms in total. The minimum absolute atomic E-state index is 0.220. The normalized spacial score (nSPS) is 19.8. The van der Waals surface area contributed by atoms with Crippen molar-refractivity contribution in [3.63, 3.8) is 0 Å². The molecule has 0 amide bonds. The number of nitrogens with one attached hydrogen (secondary N) is 1. The van der Waals surface area contributed by atoms with E-state index in [1.54, 1.807) is 18.6 Å². The Hall–Kier alpha value is -1.49. The van der Waals surface area contributed by atoms with E-state index in [0.29, 0.717) is 5.92 Å². The fourth-order valence-electron chi connectivity index (χ4n) is 1.28. The van der Waals surface area contributed by atoms with Gasteiger partial charge in [-0.1, -0.05) is 27.7 Å². The summed E-state index contributed by atoms with van der Waals surface area (Å²) in [4.78, 5) is 17.9. The Morgan fingerprint density at radius 3 is 2.76 bits per heavy atom. The average molecular weight is 236 g/mol. The number of hydroxylamine groups is 1. The maximum absolute atomic E-state index is 5.30. The molecule has 1 aliphatic rings. The van der Waals surface area contributed by atoms with Crippen LogP contribution in [0.2, 0.25) is 0 Å². The van der Waals surface area contributed by atoms with E-state index in [-0.39, 0.29) is 6.17 Å². The van der Waals surface area contributed by atoms with Crippen LogP contribution in [0, 0.1) is 5.92 Å².